The molecule has 0 radical (unpaired) electrons. The first kappa shape index (κ1) is 11.0. The normalized spacial score (nSPS) is 11.9. The van der Waals surface area contributed by atoms with Crippen LogP contribution >= 0.6 is 0 Å². The van der Waals surface area contributed by atoms with Gasteiger partial charge in [-0.25, -0.2) is 9.97 Å². The summed E-state index contributed by atoms with van der Waals surface area (Å²) < 4.78 is 0. The summed E-state index contributed by atoms with van der Waals surface area (Å²) in [5.74, 6) is 0.702. The van der Waals surface area contributed by atoms with E-state index in [1.165, 1.54) is 0 Å². The Morgan fingerprint density at radius 3 is 2.00 bits per heavy atom. The summed E-state index contributed by atoms with van der Waals surface area (Å²) in [5.41, 5.74) is 1.28. The number of anilines is 1. The average molecular weight is 193 g/mol. The first-order valence-corrected chi connectivity index (χ1v) is 4.98. The first-order chi connectivity index (χ1) is 6.39. The highest BCUT2D eigenvalue weighted by Gasteiger charge is 2.14. The summed E-state index contributed by atoms with van der Waals surface area (Å²) in [5, 5.41) is 3.16. The van der Waals surface area contributed by atoms with E-state index < -0.39 is 0 Å². The van der Waals surface area contributed by atoms with E-state index in [0.29, 0.717) is 12.0 Å². The van der Waals surface area contributed by atoms with Crippen LogP contribution in [0.3, 0.4) is 0 Å². The second kappa shape index (κ2) is 3.95. The maximum absolute atomic E-state index is 4.26. The molecule has 3 nitrogen and oxygen atoms in total. The summed E-state index contributed by atoms with van der Waals surface area (Å²) >= 11 is 0. The smallest absolute Gasteiger partial charge is 0.222 e. The van der Waals surface area contributed by atoms with Crippen LogP contribution in [0.5, 0.6) is 0 Å². The predicted molar refractivity (Wildman–Crippen MR) is 59.5 cm³/mol. The minimum absolute atomic E-state index is 0.121. The van der Waals surface area contributed by atoms with Crippen molar-refractivity contribution >= 4 is 5.95 Å². The van der Waals surface area contributed by atoms with Crippen LogP contribution in [0.2, 0.25) is 0 Å². The molecule has 0 saturated carbocycles. The van der Waals surface area contributed by atoms with Gasteiger partial charge in [-0.1, -0.05) is 20.8 Å². The Kier molecular flexibility index (Phi) is 3.09. The van der Waals surface area contributed by atoms with Crippen molar-refractivity contribution in [3.8, 4) is 0 Å². The summed E-state index contributed by atoms with van der Waals surface area (Å²) in [7, 11) is 0. The molecule has 0 atom stereocenters. The van der Waals surface area contributed by atoms with Gasteiger partial charge in [-0.3, -0.25) is 0 Å². The molecule has 0 aliphatic rings. The van der Waals surface area contributed by atoms with Crippen LogP contribution in [-0.4, -0.2) is 16.0 Å². The third-order valence-corrected chi connectivity index (χ3v) is 1.94. The van der Waals surface area contributed by atoms with Crippen molar-refractivity contribution in [2.24, 2.45) is 0 Å². The summed E-state index contributed by atoms with van der Waals surface area (Å²) in [4.78, 5) is 8.53. The molecule has 0 saturated heterocycles. The van der Waals surface area contributed by atoms with Crippen molar-refractivity contribution in [1.29, 1.82) is 0 Å². The molecule has 0 unspecified atom stereocenters. The zero-order valence-electron chi connectivity index (χ0n) is 9.63. The monoisotopic (exact) mass is 193 g/mol. The Morgan fingerprint density at radius 1 is 1.14 bits per heavy atom. The Hall–Kier alpha value is -1.12. The van der Waals surface area contributed by atoms with Crippen LogP contribution in [-0.2, 0) is 5.41 Å². The van der Waals surface area contributed by atoms with Crippen molar-refractivity contribution in [3.63, 3.8) is 0 Å². The number of nitrogens with one attached hydrogen (secondary N) is 1. The van der Waals surface area contributed by atoms with E-state index >= 15 is 0 Å². The van der Waals surface area contributed by atoms with Gasteiger partial charge in [0.2, 0.25) is 5.95 Å². The number of hydrogen-bond donors (Lipinski definition) is 1. The molecule has 0 aliphatic carbocycles. The van der Waals surface area contributed by atoms with Gasteiger partial charge in [0.25, 0.3) is 0 Å². The van der Waals surface area contributed by atoms with Crippen molar-refractivity contribution in [3.05, 3.63) is 18.0 Å². The van der Waals surface area contributed by atoms with Crippen LogP contribution in [0, 0.1) is 0 Å². The van der Waals surface area contributed by atoms with Gasteiger partial charge in [0.05, 0.1) is 0 Å². The van der Waals surface area contributed by atoms with Gasteiger partial charge in [-0.2, -0.15) is 0 Å². The van der Waals surface area contributed by atoms with E-state index in [1.807, 2.05) is 12.4 Å². The number of aromatic nitrogens is 2. The number of hydrogen-bond acceptors (Lipinski definition) is 3. The molecular weight excluding hydrogens is 174 g/mol. The molecular formula is C11H19N3. The van der Waals surface area contributed by atoms with Gasteiger partial charge in [0, 0.05) is 18.4 Å². The Morgan fingerprint density at radius 2 is 1.64 bits per heavy atom. The Labute approximate surface area is 86.0 Å². The van der Waals surface area contributed by atoms with E-state index in [1.54, 1.807) is 0 Å². The molecule has 1 N–H and O–H groups in total. The number of nitrogens with zero attached hydrogens (tertiary/aromatic N) is 2. The van der Waals surface area contributed by atoms with Crippen molar-refractivity contribution in [1.82, 2.24) is 9.97 Å². The Bertz CT molecular complexity index is 282. The van der Waals surface area contributed by atoms with E-state index in [0.717, 1.165) is 5.56 Å². The van der Waals surface area contributed by atoms with Crippen LogP contribution < -0.4 is 5.32 Å². The molecule has 0 aromatic carbocycles. The van der Waals surface area contributed by atoms with Crippen LogP contribution in [0.15, 0.2) is 12.4 Å². The molecule has 1 aromatic heterocycles. The minimum Gasteiger partial charge on any atom is -0.352 e. The van der Waals surface area contributed by atoms with Crippen LogP contribution in [0.1, 0.15) is 40.2 Å². The van der Waals surface area contributed by atoms with Crippen molar-refractivity contribution in [2.75, 3.05) is 5.32 Å². The third-order valence-electron chi connectivity index (χ3n) is 1.94. The summed E-state index contributed by atoms with van der Waals surface area (Å²) in [6, 6.07) is 0.371. The lowest BCUT2D eigenvalue weighted by molar-refractivity contribution is 0.584. The maximum Gasteiger partial charge on any atom is 0.222 e. The van der Waals surface area contributed by atoms with Gasteiger partial charge in [-0.15, -0.1) is 0 Å². The molecule has 14 heavy (non-hydrogen) atoms. The van der Waals surface area contributed by atoms with E-state index in [2.05, 4.69) is 49.9 Å². The number of rotatable bonds is 2. The highest BCUT2D eigenvalue weighted by molar-refractivity contribution is 5.27. The average Bonchev–Trinajstić information content (AvgIpc) is 2.02. The minimum atomic E-state index is 0.121. The highest BCUT2D eigenvalue weighted by atomic mass is 15.1. The first-order valence-electron chi connectivity index (χ1n) is 4.98. The van der Waals surface area contributed by atoms with Crippen molar-refractivity contribution < 1.29 is 0 Å². The van der Waals surface area contributed by atoms with Crippen LogP contribution in [0.4, 0.5) is 5.95 Å². The summed E-state index contributed by atoms with van der Waals surface area (Å²) in [6.07, 6.45) is 3.77. The van der Waals surface area contributed by atoms with Gasteiger partial charge in [0.1, 0.15) is 0 Å². The predicted octanol–water partition coefficient (Wildman–Crippen LogP) is 2.59. The van der Waals surface area contributed by atoms with E-state index in [-0.39, 0.29) is 5.41 Å². The van der Waals surface area contributed by atoms with Gasteiger partial charge < -0.3 is 5.32 Å². The topological polar surface area (TPSA) is 37.8 Å². The molecule has 0 amide bonds. The summed E-state index contributed by atoms with van der Waals surface area (Å²) in [6.45, 7) is 10.6. The van der Waals surface area contributed by atoms with Crippen LogP contribution in [0.25, 0.3) is 0 Å². The molecule has 0 fully saturated rings. The fourth-order valence-electron chi connectivity index (χ4n) is 1.05. The molecule has 1 aromatic rings. The van der Waals surface area contributed by atoms with Gasteiger partial charge in [-0.05, 0) is 24.8 Å². The second-order valence-corrected chi connectivity index (χ2v) is 4.84. The zero-order chi connectivity index (χ0) is 10.8. The lowest BCUT2D eigenvalue weighted by Crippen LogP contribution is -2.15. The quantitative estimate of drug-likeness (QED) is 0.784. The van der Waals surface area contributed by atoms with Crippen molar-refractivity contribution in [2.45, 2.75) is 46.1 Å². The standard InChI is InChI=1S/C11H19N3/c1-8(2)14-10-12-6-9(7-13-10)11(3,4)5/h6-8H,1-5H3,(H,12,13,14). The van der Waals surface area contributed by atoms with Gasteiger partial charge in [0.15, 0.2) is 0 Å². The van der Waals surface area contributed by atoms with E-state index in [9.17, 15) is 0 Å². The second-order valence-electron chi connectivity index (χ2n) is 4.84. The third kappa shape index (κ3) is 2.98. The lowest BCUT2D eigenvalue weighted by Gasteiger charge is -2.18. The highest BCUT2D eigenvalue weighted by Crippen LogP contribution is 2.20. The zero-order valence-corrected chi connectivity index (χ0v) is 9.63. The van der Waals surface area contributed by atoms with Gasteiger partial charge >= 0.3 is 0 Å². The molecule has 3 heteroatoms. The SMILES string of the molecule is CC(C)Nc1ncc(C(C)(C)C)cn1. The molecule has 0 spiro atoms. The Balaban J connectivity index is 2.79. The largest absolute Gasteiger partial charge is 0.352 e. The fraction of sp³-hybridized carbons (Fsp3) is 0.636. The molecule has 78 valence electrons. The molecule has 1 heterocycles. The molecule has 0 aliphatic heterocycles. The fourth-order valence-corrected chi connectivity index (χ4v) is 1.05. The lowest BCUT2D eigenvalue weighted by atomic mass is 9.89. The molecule has 1 rings (SSSR count). The van der Waals surface area contributed by atoms with E-state index in [4.69, 9.17) is 0 Å². The molecule has 0 bridgehead atoms. The maximum atomic E-state index is 4.26.